The molecular weight excluding hydrogens is 270 g/mol. The van der Waals surface area contributed by atoms with Crippen molar-refractivity contribution in [2.24, 2.45) is 5.73 Å². The third-order valence-corrected chi connectivity index (χ3v) is 4.18. The molecule has 0 spiro atoms. The SMILES string of the molecule is COC1CCCC(Oc2c(C)cc(C(N)=S)cc2C)C1. The van der Waals surface area contributed by atoms with Crippen LogP contribution in [0, 0.1) is 13.8 Å². The van der Waals surface area contributed by atoms with Gasteiger partial charge >= 0.3 is 0 Å². The van der Waals surface area contributed by atoms with E-state index in [9.17, 15) is 0 Å². The molecule has 0 bridgehead atoms. The Morgan fingerprint density at radius 2 is 1.80 bits per heavy atom. The van der Waals surface area contributed by atoms with E-state index in [4.69, 9.17) is 27.4 Å². The van der Waals surface area contributed by atoms with E-state index >= 15 is 0 Å². The molecule has 1 aliphatic carbocycles. The summed E-state index contributed by atoms with van der Waals surface area (Å²) in [5.74, 6) is 0.965. The van der Waals surface area contributed by atoms with Crippen LogP contribution in [-0.4, -0.2) is 24.3 Å². The number of benzene rings is 1. The summed E-state index contributed by atoms with van der Waals surface area (Å²) in [4.78, 5) is 0.430. The Balaban J connectivity index is 2.15. The smallest absolute Gasteiger partial charge is 0.125 e. The number of hydrogen-bond acceptors (Lipinski definition) is 3. The van der Waals surface area contributed by atoms with Crippen LogP contribution >= 0.6 is 12.2 Å². The van der Waals surface area contributed by atoms with Gasteiger partial charge < -0.3 is 15.2 Å². The molecular formula is C16H23NO2S. The zero-order chi connectivity index (χ0) is 14.7. The molecule has 1 aromatic carbocycles. The van der Waals surface area contributed by atoms with Crippen molar-refractivity contribution < 1.29 is 9.47 Å². The number of nitrogens with two attached hydrogens (primary N) is 1. The van der Waals surface area contributed by atoms with Crippen LogP contribution in [0.4, 0.5) is 0 Å². The molecule has 110 valence electrons. The first-order chi connectivity index (χ1) is 9.51. The molecule has 1 saturated carbocycles. The van der Waals surface area contributed by atoms with Crippen molar-refractivity contribution in [3.8, 4) is 5.75 Å². The van der Waals surface area contributed by atoms with Gasteiger partial charge in [0.1, 0.15) is 16.8 Å². The van der Waals surface area contributed by atoms with Gasteiger partial charge in [-0.3, -0.25) is 0 Å². The Labute approximate surface area is 126 Å². The fourth-order valence-corrected chi connectivity index (χ4v) is 2.99. The van der Waals surface area contributed by atoms with Gasteiger partial charge in [-0.25, -0.2) is 0 Å². The van der Waals surface area contributed by atoms with Gasteiger partial charge in [-0.2, -0.15) is 0 Å². The summed E-state index contributed by atoms with van der Waals surface area (Å²) in [6.45, 7) is 4.08. The first kappa shape index (κ1) is 15.3. The highest BCUT2D eigenvalue weighted by molar-refractivity contribution is 7.80. The molecule has 3 nitrogen and oxygen atoms in total. The molecule has 2 atom stereocenters. The second-order valence-corrected chi connectivity index (χ2v) is 6.01. The van der Waals surface area contributed by atoms with E-state index in [0.29, 0.717) is 11.1 Å². The van der Waals surface area contributed by atoms with E-state index in [2.05, 4.69) is 0 Å². The van der Waals surface area contributed by atoms with Crippen molar-refractivity contribution in [2.45, 2.75) is 51.7 Å². The number of ether oxygens (including phenoxy) is 2. The molecule has 2 rings (SSSR count). The Kier molecular flexibility index (Phi) is 5.00. The molecule has 4 heteroatoms. The maximum absolute atomic E-state index is 6.22. The molecule has 0 saturated heterocycles. The van der Waals surface area contributed by atoms with Crippen LogP contribution in [0.15, 0.2) is 12.1 Å². The standard InChI is InChI=1S/C16H23NO2S/c1-10-7-12(16(17)20)8-11(2)15(10)19-14-6-4-5-13(9-14)18-3/h7-8,13-14H,4-6,9H2,1-3H3,(H2,17,20). The maximum atomic E-state index is 6.22. The van der Waals surface area contributed by atoms with E-state index in [1.807, 2.05) is 26.0 Å². The molecule has 0 radical (unpaired) electrons. The second kappa shape index (κ2) is 6.55. The molecule has 2 unspecified atom stereocenters. The van der Waals surface area contributed by atoms with E-state index in [1.165, 1.54) is 0 Å². The van der Waals surface area contributed by atoms with Gasteiger partial charge in [0.25, 0.3) is 0 Å². The van der Waals surface area contributed by atoms with Crippen molar-refractivity contribution in [3.05, 3.63) is 28.8 Å². The Bertz CT molecular complexity index is 478. The van der Waals surface area contributed by atoms with Crippen molar-refractivity contribution in [3.63, 3.8) is 0 Å². The van der Waals surface area contributed by atoms with Gasteiger partial charge in [-0.15, -0.1) is 0 Å². The maximum Gasteiger partial charge on any atom is 0.125 e. The van der Waals surface area contributed by atoms with Crippen LogP contribution < -0.4 is 10.5 Å². The fraction of sp³-hybridized carbons (Fsp3) is 0.562. The van der Waals surface area contributed by atoms with Gasteiger partial charge in [-0.05, 0) is 56.4 Å². The zero-order valence-electron chi connectivity index (χ0n) is 12.4. The largest absolute Gasteiger partial charge is 0.490 e. The number of rotatable bonds is 4. The fourth-order valence-electron chi connectivity index (χ4n) is 2.87. The average molecular weight is 293 g/mol. The lowest BCUT2D eigenvalue weighted by molar-refractivity contribution is 0.0205. The third kappa shape index (κ3) is 3.49. The topological polar surface area (TPSA) is 44.5 Å². The van der Waals surface area contributed by atoms with Crippen LogP contribution in [0.2, 0.25) is 0 Å². The first-order valence-corrected chi connectivity index (χ1v) is 7.52. The Hall–Kier alpha value is -1.13. The van der Waals surface area contributed by atoms with E-state index in [1.54, 1.807) is 7.11 Å². The Morgan fingerprint density at radius 1 is 1.20 bits per heavy atom. The average Bonchev–Trinajstić information content (AvgIpc) is 2.42. The minimum Gasteiger partial charge on any atom is -0.490 e. The van der Waals surface area contributed by atoms with Gasteiger partial charge in [0.15, 0.2) is 0 Å². The molecule has 20 heavy (non-hydrogen) atoms. The molecule has 1 fully saturated rings. The molecule has 0 heterocycles. The summed E-state index contributed by atoms with van der Waals surface area (Å²) in [5.41, 5.74) is 8.78. The highest BCUT2D eigenvalue weighted by atomic mass is 32.1. The van der Waals surface area contributed by atoms with Gasteiger partial charge in [0.2, 0.25) is 0 Å². The number of thiocarbonyl (C=S) groups is 1. The lowest BCUT2D eigenvalue weighted by Gasteiger charge is -2.29. The summed E-state index contributed by atoms with van der Waals surface area (Å²) in [7, 11) is 1.78. The molecule has 1 aromatic rings. The third-order valence-electron chi connectivity index (χ3n) is 3.94. The Morgan fingerprint density at radius 3 is 2.35 bits per heavy atom. The van der Waals surface area contributed by atoms with Crippen molar-refractivity contribution in [1.82, 2.24) is 0 Å². The van der Waals surface area contributed by atoms with Crippen LogP contribution in [0.5, 0.6) is 5.75 Å². The number of methoxy groups -OCH3 is 1. The molecule has 0 amide bonds. The van der Waals surface area contributed by atoms with Crippen LogP contribution in [-0.2, 0) is 4.74 Å². The first-order valence-electron chi connectivity index (χ1n) is 7.11. The van der Waals surface area contributed by atoms with Crippen molar-refractivity contribution >= 4 is 17.2 Å². The van der Waals surface area contributed by atoms with E-state index < -0.39 is 0 Å². The van der Waals surface area contributed by atoms with Crippen molar-refractivity contribution in [2.75, 3.05) is 7.11 Å². The minimum atomic E-state index is 0.238. The molecule has 1 aliphatic rings. The quantitative estimate of drug-likeness (QED) is 0.865. The highest BCUT2D eigenvalue weighted by Crippen LogP contribution is 2.30. The van der Waals surface area contributed by atoms with Crippen molar-refractivity contribution in [1.29, 1.82) is 0 Å². The summed E-state index contributed by atoms with van der Waals surface area (Å²) in [6, 6.07) is 4.00. The summed E-state index contributed by atoms with van der Waals surface area (Å²) in [5, 5.41) is 0. The predicted octanol–water partition coefficient (Wildman–Crippen LogP) is 3.27. The summed E-state index contributed by atoms with van der Waals surface area (Å²) < 4.78 is 11.7. The minimum absolute atomic E-state index is 0.238. The summed E-state index contributed by atoms with van der Waals surface area (Å²) >= 11 is 5.04. The number of hydrogen-bond donors (Lipinski definition) is 1. The van der Waals surface area contributed by atoms with Gasteiger partial charge in [0, 0.05) is 19.1 Å². The molecule has 0 aliphatic heterocycles. The van der Waals surface area contributed by atoms with Gasteiger partial charge in [-0.1, -0.05) is 12.2 Å². The van der Waals surface area contributed by atoms with Gasteiger partial charge in [0.05, 0.1) is 6.10 Å². The molecule has 2 N–H and O–H groups in total. The second-order valence-electron chi connectivity index (χ2n) is 5.57. The summed E-state index contributed by atoms with van der Waals surface area (Å²) in [6.07, 6.45) is 4.91. The van der Waals surface area contributed by atoms with Crippen LogP contribution in [0.25, 0.3) is 0 Å². The van der Waals surface area contributed by atoms with Crippen LogP contribution in [0.3, 0.4) is 0 Å². The lowest BCUT2D eigenvalue weighted by atomic mass is 9.94. The normalized spacial score (nSPS) is 22.6. The number of aryl methyl sites for hydroxylation is 2. The zero-order valence-corrected chi connectivity index (χ0v) is 13.3. The van der Waals surface area contributed by atoms with E-state index in [-0.39, 0.29) is 6.10 Å². The highest BCUT2D eigenvalue weighted by Gasteiger charge is 2.24. The predicted molar refractivity (Wildman–Crippen MR) is 85.5 cm³/mol. The lowest BCUT2D eigenvalue weighted by Crippen LogP contribution is -2.30. The monoisotopic (exact) mass is 293 g/mol. The van der Waals surface area contributed by atoms with E-state index in [0.717, 1.165) is 48.1 Å². The molecule has 0 aromatic heterocycles. The van der Waals surface area contributed by atoms with Crippen LogP contribution in [0.1, 0.15) is 42.4 Å².